The van der Waals surface area contributed by atoms with Gasteiger partial charge in [-0.05, 0) is 50.2 Å². The molecule has 158 valence electrons. The van der Waals surface area contributed by atoms with Gasteiger partial charge in [0.25, 0.3) is 5.91 Å². The number of anilines is 2. The summed E-state index contributed by atoms with van der Waals surface area (Å²) in [7, 11) is 0. The van der Waals surface area contributed by atoms with Crippen LogP contribution in [0.3, 0.4) is 0 Å². The lowest BCUT2D eigenvalue weighted by atomic mass is 10.1. The van der Waals surface area contributed by atoms with Crippen LogP contribution >= 0.6 is 0 Å². The van der Waals surface area contributed by atoms with Gasteiger partial charge in [-0.2, -0.15) is 5.10 Å². The van der Waals surface area contributed by atoms with Crippen LogP contribution in [0.5, 0.6) is 0 Å². The highest BCUT2D eigenvalue weighted by molar-refractivity contribution is 5.95. The van der Waals surface area contributed by atoms with Gasteiger partial charge in [0.1, 0.15) is 11.5 Å². The number of aromatic nitrogens is 5. The van der Waals surface area contributed by atoms with E-state index in [1.807, 2.05) is 62.4 Å². The molecule has 0 radical (unpaired) electrons. The molecule has 0 saturated heterocycles. The molecule has 0 aliphatic carbocycles. The molecule has 0 fully saturated rings. The van der Waals surface area contributed by atoms with E-state index < -0.39 is 0 Å². The van der Waals surface area contributed by atoms with E-state index in [-0.39, 0.29) is 11.9 Å². The lowest BCUT2D eigenvalue weighted by Crippen LogP contribution is -2.30. The lowest BCUT2D eigenvalue weighted by Gasteiger charge is -2.09. The zero-order valence-electron chi connectivity index (χ0n) is 17.6. The summed E-state index contributed by atoms with van der Waals surface area (Å²) in [5, 5.41) is 15.1. The second kappa shape index (κ2) is 8.07. The molecule has 2 aromatic carbocycles. The quantitative estimate of drug-likeness (QED) is 0.385. The Morgan fingerprint density at radius 2 is 1.84 bits per heavy atom. The van der Waals surface area contributed by atoms with Crippen LogP contribution in [0, 0.1) is 0 Å². The van der Waals surface area contributed by atoms with Gasteiger partial charge in [0, 0.05) is 34.3 Å². The van der Waals surface area contributed by atoms with Crippen molar-refractivity contribution in [2.24, 2.45) is 0 Å². The summed E-state index contributed by atoms with van der Waals surface area (Å²) < 4.78 is 0. The Kier molecular flexibility index (Phi) is 4.95. The van der Waals surface area contributed by atoms with Crippen molar-refractivity contribution in [2.75, 3.05) is 5.32 Å². The third kappa shape index (κ3) is 3.98. The molecule has 8 heteroatoms. The number of nitrogens with zero attached hydrogens (tertiary/aromatic N) is 4. The molecule has 3 heterocycles. The van der Waals surface area contributed by atoms with Gasteiger partial charge >= 0.3 is 0 Å². The van der Waals surface area contributed by atoms with Crippen molar-refractivity contribution in [1.29, 1.82) is 0 Å². The minimum atomic E-state index is -0.190. The highest BCUT2D eigenvalue weighted by Crippen LogP contribution is 2.24. The molecule has 8 nitrogen and oxygen atoms in total. The number of hydrogen-bond acceptors (Lipinski definition) is 6. The second-order valence-electron chi connectivity index (χ2n) is 7.79. The fourth-order valence-corrected chi connectivity index (χ4v) is 3.45. The minimum Gasteiger partial charge on any atom is -0.349 e. The first-order chi connectivity index (χ1) is 15.5. The Morgan fingerprint density at radius 1 is 0.969 bits per heavy atom. The molecule has 0 spiro atoms. The summed E-state index contributed by atoms with van der Waals surface area (Å²) in [5.41, 5.74) is 3.80. The van der Waals surface area contributed by atoms with E-state index in [2.05, 4.69) is 35.8 Å². The van der Waals surface area contributed by atoms with Crippen LogP contribution in [0.2, 0.25) is 0 Å². The molecule has 0 aliphatic rings. The highest BCUT2D eigenvalue weighted by Gasteiger charge is 2.11. The Balaban J connectivity index is 1.44. The number of aromatic amines is 1. The van der Waals surface area contributed by atoms with Crippen molar-refractivity contribution in [1.82, 2.24) is 30.5 Å². The van der Waals surface area contributed by atoms with Gasteiger partial charge < -0.3 is 10.6 Å². The van der Waals surface area contributed by atoms with E-state index in [1.54, 1.807) is 18.5 Å². The number of amides is 1. The maximum atomic E-state index is 12.3. The van der Waals surface area contributed by atoms with E-state index in [4.69, 9.17) is 0 Å². The molecule has 0 bridgehead atoms. The van der Waals surface area contributed by atoms with E-state index >= 15 is 0 Å². The fraction of sp³-hybridized carbons (Fsp3) is 0.125. The Morgan fingerprint density at radius 3 is 2.72 bits per heavy atom. The Labute approximate surface area is 184 Å². The number of rotatable bonds is 5. The fourth-order valence-electron chi connectivity index (χ4n) is 3.45. The summed E-state index contributed by atoms with van der Waals surface area (Å²) >= 11 is 0. The number of carbonyl (C=O) groups excluding carboxylic acids is 1. The topological polar surface area (TPSA) is 108 Å². The maximum absolute atomic E-state index is 12.3. The van der Waals surface area contributed by atoms with Gasteiger partial charge in [-0.25, -0.2) is 15.0 Å². The Bertz CT molecular complexity index is 1440. The molecule has 5 aromatic rings. The summed E-state index contributed by atoms with van der Waals surface area (Å²) in [6, 6.07) is 17.2. The van der Waals surface area contributed by atoms with Crippen molar-refractivity contribution in [3.05, 3.63) is 72.7 Å². The second-order valence-corrected chi connectivity index (χ2v) is 7.79. The van der Waals surface area contributed by atoms with Crippen LogP contribution in [0.4, 0.5) is 11.5 Å². The number of pyridine rings is 1. The van der Waals surface area contributed by atoms with Crippen LogP contribution in [-0.2, 0) is 0 Å². The normalized spacial score (nSPS) is 11.2. The molecular formula is C24H21N7O. The number of carbonyl (C=O) groups is 1. The lowest BCUT2D eigenvalue weighted by molar-refractivity contribution is 0.0938. The van der Waals surface area contributed by atoms with Gasteiger partial charge in [0.05, 0.1) is 17.2 Å². The van der Waals surface area contributed by atoms with Crippen LogP contribution in [0.1, 0.15) is 24.3 Å². The van der Waals surface area contributed by atoms with E-state index in [9.17, 15) is 4.79 Å². The largest absolute Gasteiger partial charge is 0.349 e. The molecule has 3 N–H and O–H groups in total. The van der Waals surface area contributed by atoms with Crippen LogP contribution in [0.15, 0.2) is 67.0 Å². The molecule has 3 aromatic heterocycles. The van der Waals surface area contributed by atoms with Crippen molar-refractivity contribution in [2.45, 2.75) is 19.9 Å². The van der Waals surface area contributed by atoms with Crippen molar-refractivity contribution in [3.63, 3.8) is 0 Å². The number of H-pyrrole nitrogens is 1. The number of nitrogens with one attached hydrogen (secondary N) is 3. The van der Waals surface area contributed by atoms with Gasteiger partial charge in [0.15, 0.2) is 5.82 Å². The van der Waals surface area contributed by atoms with Crippen LogP contribution < -0.4 is 10.6 Å². The number of benzene rings is 2. The van der Waals surface area contributed by atoms with Crippen LogP contribution in [0.25, 0.3) is 33.2 Å². The molecular weight excluding hydrogens is 402 g/mol. The maximum Gasteiger partial charge on any atom is 0.270 e. The smallest absolute Gasteiger partial charge is 0.270 e. The summed E-state index contributed by atoms with van der Waals surface area (Å²) in [6.07, 6.45) is 3.49. The van der Waals surface area contributed by atoms with Gasteiger partial charge in [-0.1, -0.05) is 18.2 Å². The zero-order valence-corrected chi connectivity index (χ0v) is 17.6. The third-order valence-electron chi connectivity index (χ3n) is 4.97. The third-order valence-corrected chi connectivity index (χ3v) is 4.97. The minimum absolute atomic E-state index is 0.0455. The molecule has 0 atom stereocenters. The first-order valence-corrected chi connectivity index (χ1v) is 10.3. The van der Waals surface area contributed by atoms with Crippen LogP contribution in [-0.4, -0.2) is 37.1 Å². The number of fused-ring (bicyclic) bond motifs is 2. The summed E-state index contributed by atoms with van der Waals surface area (Å²) in [5.74, 6) is 1.06. The van der Waals surface area contributed by atoms with Crippen molar-refractivity contribution < 1.29 is 4.79 Å². The molecule has 0 unspecified atom stereocenters. The zero-order chi connectivity index (χ0) is 22.1. The monoisotopic (exact) mass is 423 g/mol. The highest BCUT2D eigenvalue weighted by atomic mass is 16.1. The average molecular weight is 423 g/mol. The van der Waals surface area contributed by atoms with Crippen molar-refractivity contribution >= 4 is 39.2 Å². The van der Waals surface area contributed by atoms with Crippen molar-refractivity contribution in [3.8, 4) is 11.4 Å². The standard InChI is InChI=1S/C24H21N7O/c1-14(2)27-24(32)20-7-5-15-3-4-16(12-21(15)29-20)23-25-10-9-22(30-23)28-18-6-8-19-17(11-18)13-26-31-19/h3-14H,1-2H3,(H,26,31)(H,27,32)(H,25,28,30). The SMILES string of the molecule is CC(C)NC(=O)c1ccc2ccc(-c3nccc(Nc4ccc5[nH]ncc5c4)n3)cc2n1. The van der Waals surface area contributed by atoms with Gasteiger partial charge in [-0.3, -0.25) is 9.89 Å². The molecule has 0 saturated carbocycles. The van der Waals surface area contributed by atoms with E-state index in [0.29, 0.717) is 22.9 Å². The molecule has 5 rings (SSSR count). The summed E-state index contributed by atoms with van der Waals surface area (Å²) in [4.78, 5) is 25.9. The van der Waals surface area contributed by atoms with E-state index in [0.717, 1.165) is 27.5 Å². The molecule has 0 aliphatic heterocycles. The number of hydrogen-bond donors (Lipinski definition) is 3. The first kappa shape index (κ1) is 19.6. The summed E-state index contributed by atoms with van der Waals surface area (Å²) in [6.45, 7) is 3.84. The van der Waals surface area contributed by atoms with E-state index in [1.165, 1.54) is 0 Å². The molecule has 1 amide bonds. The van der Waals surface area contributed by atoms with Gasteiger partial charge in [-0.15, -0.1) is 0 Å². The first-order valence-electron chi connectivity index (χ1n) is 10.3. The molecule has 32 heavy (non-hydrogen) atoms. The van der Waals surface area contributed by atoms with Gasteiger partial charge in [0.2, 0.25) is 0 Å². The Hall–Kier alpha value is -4.33. The predicted octanol–water partition coefficient (Wildman–Crippen LogP) is 4.45. The predicted molar refractivity (Wildman–Crippen MR) is 125 cm³/mol. The average Bonchev–Trinajstić information content (AvgIpc) is 3.26.